The summed E-state index contributed by atoms with van der Waals surface area (Å²) in [6.07, 6.45) is 2.87. The zero-order valence-corrected chi connectivity index (χ0v) is 33.6. The molecule has 4 aromatic carbocycles. The number of nitrogens with one attached hydrogen (secondary N) is 3. The lowest BCUT2D eigenvalue weighted by atomic mass is 9.92. The topological polar surface area (TPSA) is 134 Å². The Bertz CT molecular complexity index is 2000. The lowest BCUT2D eigenvalue weighted by Crippen LogP contribution is -2.59. The molecule has 1 aromatic heterocycles. The second-order valence-electron chi connectivity index (χ2n) is 15.2. The van der Waals surface area contributed by atoms with Gasteiger partial charge in [-0.2, -0.15) is 0 Å². The summed E-state index contributed by atoms with van der Waals surface area (Å²) in [7, 11) is 3.25. The maximum atomic E-state index is 13.9. The van der Waals surface area contributed by atoms with Crippen LogP contribution in [0.2, 0.25) is 0 Å². The maximum absolute atomic E-state index is 13.9. The molecule has 0 saturated carbocycles. The Kier molecular flexibility index (Phi) is 15.6. The Balaban J connectivity index is 1.14. The number of aryl methyl sites for hydroxylation is 2. The molecule has 11 heteroatoms. The number of rotatable bonds is 21. The van der Waals surface area contributed by atoms with Crippen LogP contribution in [0.15, 0.2) is 121 Å². The van der Waals surface area contributed by atoms with Crippen molar-refractivity contribution in [1.82, 2.24) is 21.0 Å². The van der Waals surface area contributed by atoms with Crippen LogP contribution in [0, 0.1) is 10.3 Å². The molecule has 0 aliphatic rings. The number of hydrogen-bond acceptors (Lipinski definition) is 8. The van der Waals surface area contributed by atoms with Gasteiger partial charge in [-0.15, -0.1) is 5.43 Å². The standard InChI is InChI=1S/C46H55N5O6/c1-46(2,3)45(49-44(53)32-57-38-18-12-17-33(27-38)15-11-16-35-22-25-42(55-4)43(29-35)56-5)51(54)50-40(28-34-13-7-6-8-14-34)41(52)31-47-30-36-20-23-37(24-21-36)39-19-9-10-26-48-39/h6-10,12-14,17-27,29,40-41,45,47,52H,11,15-16,28,30-32H2,1-5H3,(H-,49,50,53,54)/p+1. The molecule has 1 heterocycles. The maximum Gasteiger partial charge on any atom is 0.313 e. The van der Waals surface area contributed by atoms with Gasteiger partial charge < -0.3 is 24.6 Å². The fraction of sp³-hybridized carbons (Fsp3) is 0.348. The summed E-state index contributed by atoms with van der Waals surface area (Å²) in [5.41, 5.74) is 8.51. The molecule has 0 fully saturated rings. The van der Waals surface area contributed by atoms with Crippen molar-refractivity contribution >= 4 is 5.91 Å². The van der Waals surface area contributed by atoms with Crippen molar-refractivity contribution in [3.63, 3.8) is 0 Å². The number of aliphatic hydroxyl groups excluding tert-OH is 1. The molecular formula is C46H56N5O6+. The van der Waals surface area contributed by atoms with Crippen LogP contribution in [0.1, 0.15) is 49.4 Å². The first-order chi connectivity index (χ1) is 27.5. The summed E-state index contributed by atoms with van der Waals surface area (Å²) >= 11 is 0. The van der Waals surface area contributed by atoms with Gasteiger partial charge in [0.25, 0.3) is 5.91 Å². The Morgan fingerprint density at radius 1 is 0.789 bits per heavy atom. The SMILES string of the molecule is COc1ccc(CCCc2cccc(OCC(=O)NC([N+](=O)NC(Cc3ccccc3)C(O)CNCc3ccc(-c4ccccn4)cc3)C(C)(C)C)c2)cc1OC. The van der Waals surface area contributed by atoms with E-state index in [0.29, 0.717) is 35.1 Å². The van der Waals surface area contributed by atoms with Crippen molar-refractivity contribution in [2.24, 2.45) is 5.41 Å². The van der Waals surface area contributed by atoms with E-state index in [-0.39, 0.29) is 13.2 Å². The van der Waals surface area contributed by atoms with Crippen LogP contribution in [0.4, 0.5) is 0 Å². The third-order valence-corrected chi connectivity index (χ3v) is 9.65. The molecule has 0 aliphatic carbocycles. The fourth-order valence-corrected chi connectivity index (χ4v) is 6.50. The Labute approximate surface area is 336 Å². The number of nitrogens with zero attached hydrogens (tertiary/aromatic N) is 2. The quantitative estimate of drug-likeness (QED) is 0.0359. The molecule has 3 unspecified atom stereocenters. The summed E-state index contributed by atoms with van der Waals surface area (Å²) < 4.78 is 16.7. The third kappa shape index (κ3) is 13.2. The molecule has 0 saturated heterocycles. The summed E-state index contributed by atoms with van der Waals surface area (Å²) in [5, 5.41) is 17.6. The highest BCUT2D eigenvalue weighted by molar-refractivity contribution is 5.77. The number of amides is 1. The van der Waals surface area contributed by atoms with E-state index in [0.717, 1.165) is 52.8 Å². The molecule has 300 valence electrons. The van der Waals surface area contributed by atoms with Crippen LogP contribution < -0.4 is 30.3 Å². The van der Waals surface area contributed by atoms with Crippen molar-refractivity contribution in [2.45, 2.75) is 71.3 Å². The second kappa shape index (κ2) is 20.9. The smallest absolute Gasteiger partial charge is 0.313 e. The number of aromatic nitrogens is 1. The first-order valence-corrected chi connectivity index (χ1v) is 19.4. The molecule has 5 rings (SSSR count). The van der Waals surface area contributed by atoms with E-state index in [1.807, 2.05) is 136 Å². The van der Waals surface area contributed by atoms with Gasteiger partial charge in [0.15, 0.2) is 18.1 Å². The lowest BCUT2D eigenvalue weighted by molar-refractivity contribution is -0.663. The summed E-state index contributed by atoms with van der Waals surface area (Å²) in [5.74, 6) is 1.54. The Hall–Kier alpha value is -5.78. The van der Waals surface area contributed by atoms with E-state index >= 15 is 0 Å². The molecule has 0 spiro atoms. The minimum atomic E-state index is -0.965. The highest BCUT2D eigenvalue weighted by Gasteiger charge is 2.42. The van der Waals surface area contributed by atoms with Gasteiger partial charge in [-0.05, 0) is 77.9 Å². The summed E-state index contributed by atoms with van der Waals surface area (Å²) in [6.45, 7) is 6.12. The van der Waals surface area contributed by atoms with Crippen LogP contribution in [0.5, 0.6) is 17.2 Å². The monoisotopic (exact) mass is 774 g/mol. The van der Waals surface area contributed by atoms with Crippen molar-refractivity contribution < 1.29 is 29.0 Å². The number of benzene rings is 4. The van der Waals surface area contributed by atoms with E-state index in [4.69, 9.17) is 14.2 Å². The number of hydrazine groups is 1. The van der Waals surface area contributed by atoms with Crippen molar-refractivity contribution in [3.8, 4) is 28.5 Å². The second-order valence-corrected chi connectivity index (χ2v) is 15.2. The fourth-order valence-electron chi connectivity index (χ4n) is 6.50. The summed E-state index contributed by atoms with van der Waals surface area (Å²) in [6, 6.07) is 36.6. The van der Waals surface area contributed by atoms with E-state index in [1.54, 1.807) is 20.4 Å². The van der Waals surface area contributed by atoms with Gasteiger partial charge in [-0.1, -0.05) is 99.6 Å². The number of aliphatic hydroxyl groups is 1. The molecule has 11 nitrogen and oxygen atoms in total. The van der Waals surface area contributed by atoms with Gasteiger partial charge >= 0.3 is 6.17 Å². The van der Waals surface area contributed by atoms with Gasteiger partial charge in [0.2, 0.25) is 0 Å². The average molecular weight is 775 g/mol. The van der Waals surface area contributed by atoms with Crippen molar-refractivity contribution in [3.05, 3.63) is 149 Å². The van der Waals surface area contributed by atoms with Gasteiger partial charge in [0.05, 0.1) is 36.3 Å². The van der Waals surface area contributed by atoms with Crippen molar-refractivity contribution in [2.75, 3.05) is 27.4 Å². The van der Waals surface area contributed by atoms with E-state index in [9.17, 15) is 14.8 Å². The van der Waals surface area contributed by atoms with Crippen LogP contribution >= 0.6 is 0 Å². The first-order valence-electron chi connectivity index (χ1n) is 19.4. The molecule has 0 bridgehead atoms. The molecule has 0 aliphatic heterocycles. The molecule has 3 atom stereocenters. The van der Waals surface area contributed by atoms with E-state index < -0.39 is 29.6 Å². The first kappa shape index (κ1) is 42.4. The third-order valence-electron chi connectivity index (χ3n) is 9.65. The minimum absolute atomic E-state index is 0.232. The molecule has 57 heavy (non-hydrogen) atoms. The number of hydrogen-bond donors (Lipinski definition) is 4. The zero-order valence-electron chi connectivity index (χ0n) is 33.6. The lowest BCUT2D eigenvalue weighted by Gasteiger charge is -2.27. The molecule has 1 amide bonds. The van der Waals surface area contributed by atoms with Gasteiger partial charge in [0.1, 0.15) is 16.7 Å². The zero-order chi connectivity index (χ0) is 40.6. The predicted molar refractivity (Wildman–Crippen MR) is 223 cm³/mol. The molecule has 4 N–H and O–H groups in total. The number of nitroso groups, excluding NO2 is 1. The van der Waals surface area contributed by atoms with Crippen molar-refractivity contribution in [1.29, 1.82) is 0 Å². The van der Waals surface area contributed by atoms with E-state index in [1.165, 1.54) is 0 Å². The number of carbonyl (C=O) groups excluding carboxylic acids is 1. The normalized spacial score (nSPS) is 12.9. The average Bonchev–Trinajstić information content (AvgIpc) is 3.22. The molecular weight excluding hydrogens is 719 g/mol. The summed E-state index contributed by atoms with van der Waals surface area (Å²) in [4.78, 5) is 32.2. The number of methoxy groups -OCH3 is 2. The van der Waals surface area contributed by atoms with Crippen LogP contribution in [-0.4, -0.2) is 66.5 Å². The molecule has 5 aromatic rings. The highest BCUT2D eigenvalue weighted by atomic mass is 16.5. The largest absolute Gasteiger partial charge is 0.493 e. The Morgan fingerprint density at radius 3 is 2.16 bits per heavy atom. The van der Waals surface area contributed by atoms with Crippen LogP contribution in [0.3, 0.4) is 0 Å². The molecule has 0 radical (unpaired) electrons. The van der Waals surface area contributed by atoms with Gasteiger partial charge in [-0.3, -0.25) is 15.1 Å². The van der Waals surface area contributed by atoms with Crippen LogP contribution in [-0.2, 0) is 30.6 Å². The Morgan fingerprint density at radius 2 is 1.47 bits per heavy atom. The van der Waals surface area contributed by atoms with Crippen LogP contribution in [0.25, 0.3) is 11.3 Å². The predicted octanol–water partition coefficient (Wildman–Crippen LogP) is 6.85. The minimum Gasteiger partial charge on any atom is -0.493 e. The van der Waals surface area contributed by atoms with Gasteiger partial charge in [-0.25, -0.2) is 0 Å². The van der Waals surface area contributed by atoms with Gasteiger partial charge in [0, 0.05) is 31.3 Å². The van der Waals surface area contributed by atoms with E-state index in [2.05, 4.69) is 21.0 Å². The number of carbonyl (C=O) groups is 1. The highest BCUT2D eigenvalue weighted by Crippen LogP contribution is 2.28. The number of pyridine rings is 1. The number of ether oxygens (including phenoxy) is 3.